The third kappa shape index (κ3) is 3.10. The molecule has 1 amide bonds. The van der Waals surface area contributed by atoms with Gasteiger partial charge in [-0.2, -0.15) is 11.3 Å². The van der Waals surface area contributed by atoms with Crippen LogP contribution in [0.1, 0.15) is 27.2 Å². The fourth-order valence-electron chi connectivity index (χ4n) is 1.70. The van der Waals surface area contributed by atoms with Crippen molar-refractivity contribution in [1.82, 2.24) is 10.3 Å². The molecule has 19 heavy (non-hydrogen) atoms. The molecule has 2 aromatic rings. The lowest BCUT2D eigenvalue weighted by atomic mass is 10.2. The fourth-order valence-corrected chi connectivity index (χ4v) is 2.56. The van der Waals surface area contributed by atoms with Gasteiger partial charge in [-0.25, -0.2) is 0 Å². The van der Waals surface area contributed by atoms with Gasteiger partial charge in [-0.15, -0.1) is 0 Å². The first-order valence-electron chi connectivity index (χ1n) is 5.85. The number of hydrazine groups is 1. The molecule has 4 N–H and O–H groups in total. The van der Waals surface area contributed by atoms with Gasteiger partial charge in [0.25, 0.3) is 5.91 Å². The fraction of sp³-hybridized carbons (Fsp3) is 0.231. The quantitative estimate of drug-likeness (QED) is 0.589. The monoisotopic (exact) mass is 276 g/mol. The average molecular weight is 276 g/mol. The first-order chi connectivity index (χ1) is 9.11. The van der Waals surface area contributed by atoms with Crippen molar-refractivity contribution in [3.63, 3.8) is 0 Å². The molecule has 2 rings (SSSR count). The topological polar surface area (TPSA) is 80.0 Å². The Bertz CT molecular complexity index is 594. The van der Waals surface area contributed by atoms with Crippen LogP contribution in [-0.2, 0) is 6.54 Å². The number of aromatic nitrogens is 1. The van der Waals surface area contributed by atoms with Crippen molar-refractivity contribution in [2.75, 3.05) is 5.43 Å². The Morgan fingerprint density at radius 2 is 2.21 bits per heavy atom. The molecule has 2 heterocycles. The molecule has 100 valence electrons. The number of nitrogens with zero attached hydrogens (tertiary/aromatic N) is 1. The van der Waals surface area contributed by atoms with E-state index in [4.69, 9.17) is 5.84 Å². The van der Waals surface area contributed by atoms with E-state index < -0.39 is 0 Å². The summed E-state index contributed by atoms with van der Waals surface area (Å²) in [4.78, 5) is 16.2. The highest BCUT2D eigenvalue weighted by atomic mass is 32.1. The summed E-state index contributed by atoms with van der Waals surface area (Å²) < 4.78 is 0. The maximum absolute atomic E-state index is 12.1. The number of hydrogen-bond acceptors (Lipinski definition) is 5. The van der Waals surface area contributed by atoms with Crippen molar-refractivity contribution in [2.45, 2.75) is 20.4 Å². The maximum atomic E-state index is 12.1. The van der Waals surface area contributed by atoms with Crippen molar-refractivity contribution in [3.05, 3.63) is 45.4 Å². The lowest BCUT2D eigenvalue weighted by Crippen LogP contribution is -2.25. The molecule has 0 saturated carbocycles. The van der Waals surface area contributed by atoms with E-state index in [0.29, 0.717) is 17.8 Å². The van der Waals surface area contributed by atoms with Crippen molar-refractivity contribution < 1.29 is 4.79 Å². The van der Waals surface area contributed by atoms with Gasteiger partial charge >= 0.3 is 0 Å². The number of hydrogen-bond donors (Lipinski definition) is 3. The predicted molar refractivity (Wildman–Crippen MR) is 77.0 cm³/mol. The molecule has 0 unspecified atom stereocenters. The minimum absolute atomic E-state index is 0.189. The second kappa shape index (κ2) is 5.81. The lowest BCUT2D eigenvalue weighted by molar-refractivity contribution is 0.0951. The van der Waals surface area contributed by atoms with Gasteiger partial charge < -0.3 is 10.7 Å². The molecule has 5 nitrogen and oxygen atoms in total. The Kier molecular flexibility index (Phi) is 4.13. The molecule has 0 fully saturated rings. The Labute approximate surface area is 115 Å². The molecule has 0 aliphatic heterocycles. The molecule has 0 saturated heterocycles. The Hall–Kier alpha value is -1.92. The van der Waals surface area contributed by atoms with Crippen LogP contribution in [0.2, 0.25) is 0 Å². The number of carbonyl (C=O) groups excluding carboxylic acids is 1. The number of carbonyl (C=O) groups is 1. The van der Waals surface area contributed by atoms with Crippen molar-refractivity contribution in [1.29, 1.82) is 0 Å². The minimum Gasteiger partial charge on any atom is -0.348 e. The number of nitrogens with one attached hydrogen (secondary N) is 2. The average Bonchev–Trinajstić information content (AvgIpc) is 2.81. The van der Waals surface area contributed by atoms with Gasteiger partial charge in [0, 0.05) is 18.4 Å². The van der Waals surface area contributed by atoms with Crippen LogP contribution in [0, 0.1) is 13.8 Å². The number of amides is 1. The van der Waals surface area contributed by atoms with Crippen LogP contribution >= 0.6 is 11.3 Å². The lowest BCUT2D eigenvalue weighted by Gasteiger charge is -2.10. The second-order valence-corrected chi connectivity index (χ2v) is 5.02. The van der Waals surface area contributed by atoms with E-state index in [1.54, 1.807) is 17.4 Å². The van der Waals surface area contributed by atoms with E-state index in [9.17, 15) is 4.79 Å². The number of pyridine rings is 1. The van der Waals surface area contributed by atoms with Gasteiger partial charge in [-0.3, -0.25) is 15.6 Å². The largest absolute Gasteiger partial charge is 0.348 e. The minimum atomic E-state index is -0.189. The Morgan fingerprint density at radius 3 is 2.84 bits per heavy atom. The summed E-state index contributed by atoms with van der Waals surface area (Å²) in [5.74, 6) is 5.23. The number of nitrogen functional groups attached to an aromatic ring is 1. The van der Waals surface area contributed by atoms with Gasteiger partial charge in [-0.05, 0) is 41.8 Å². The van der Waals surface area contributed by atoms with Crippen LogP contribution in [0.4, 0.5) is 5.69 Å². The van der Waals surface area contributed by atoms with Crippen molar-refractivity contribution in [2.24, 2.45) is 5.84 Å². The van der Waals surface area contributed by atoms with Crippen LogP contribution in [0.25, 0.3) is 0 Å². The van der Waals surface area contributed by atoms with Gasteiger partial charge in [0.2, 0.25) is 0 Å². The molecular weight excluding hydrogens is 260 g/mol. The van der Waals surface area contributed by atoms with E-state index in [0.717, 1.165) is 11.3 Å². The number of thiophene rings is 1. The molecule has 0 aliphatic rings. The van der Waals surface area contributed by atoms with Gasteiger partial charge in [-0.1, -0.05) is 0 Å². The summed E-state index contributed by atoms with van der Waals surface area (Å²) >= 11 is 1.63. The zero-order valence-electron chi connectivity index (χ0n) is 10.9. The van der Waals surface area contributed by atoms with Crippen molar-refractivity contribution in [3.8, 4) is 0 Å². The molecule has 2 aromatic heterocycles. The van der Waals surface area contributed by atoms with Gasteiger partial charge in [0.05, 0.1) is 11.3 Å². The van der Waals surface area contributed by atoms with E-state index in [-0.39, 0.29) is 5.91 Å². The molecular formula is C13H16N4OS. The maximum Gasteiger partial charge on any atom is 0.255 e. The normalized spacial score (nSPS) is 10.3. The van der Waals surface area contributed by atoms with Crippen molar-refractivity contribution >= 4 is 22.9 Å². The smallest absolute Gasteiger partial charge is 0.255 e. The molecule has 0 radical (unpaired) electrons. The van der Waals surface area contributed by atoms with E-state index in [1.807, 2.05) is 19.2 Å². The van der Waals surface area contributed by atoms with E-state index >= 15 is 0 Å². The van der Waals surface area contributed by atoms with Gasteiger partial charge in [0.1, 0.15) is 0 Å². The first kappa shape index (κ1) is 13.5. The molecule has 0 spiro atoms. The van der Waals surface area contributed by atoms with Crippen LogP contribution in [0.5, 0.6) is 0 Å². The summed E-state index contributed by atoms with van der Waals surface area (Å²) in [5, 5.41) is 6.96. The van der Waals surface area contributed by atoms with Crippen LogP contribution in [-0.4, -0.2) is 10.9 Å². The highest BCUT2D eigenvalue weighted by molar-refractivity contribution is 7.08. The Balaban J connectivity index is 2.10. The SMILES string of the molecule is Cc1cc(NN)c(C(=O)NCc2cscc2C)cn1. The summed E-state index contributed by atoms with van der Waals surface area (Å²) in [5.41, 5.74) is 6.66. The summed E-state index contributed by atoms with van der Waals surface area (Å²) in [6.07, 6.45) is 1.53. The molecule has 0 bridgehead atoms. The number of nitrogens with two attached hydrogens (primary N) is 1. The molecule has 0 aliphatic carbocycles. The highest BCUT2D eigenvalue weighted by Gasteiger charge is 2.12. The zero-order chi connectivity index (χ0) is 13.8. The Morgan fingerprint density at radius 1 is 1.42 bits per heavy atom. The van der Waals surface area contributed by atoms with E-state index in [1.165, 1.54) is 11.8 Å². The molecule has 6 heteroatoms. The number of rotatable bonds is 4. The van der Waals surface area contributed by atoms with Crippen LogP contribution < -0.4 is 16.6 Å². The molecule has 0 atom stereocenters. The van der Waals surface area contributed by atoms with E-state index in [2.05, 4.69) is 21.1 Å². The summed E-state index contributed by atoms with van der Waals surface area (Å²) in [7, 11) is 0. The third-order valence-electron chi connectivity index (χ3n) is 2.84. The zero-order valence-corrected chi connectivity index (χ0v) is 11.7. The standard InChI is InChI=1S/C13H16N4OS/c1-8-6-19-7-10(8)4-16-13(18)11-5-15-9(2)3-12(11)17-14/h3,5-7H,4,14H2,1-2H3,(H,15,17)(H,16,18). The number of aryl methyl sites for hydroxylation is 2. The van der Waals surface area contributed by atoms with Gasteiger partial charge in [0.15, 0.2) is 0 Å². The second-order valence-electron chi connectivity index (χ2n) is 4.28. The third-order valence-corrected chi connectivity index (χ3v) is 3.75. The summed E-state index contributed by atoms with van der Waals surface area (Å²) in [6, 6.07) is 1.74. The van der Waals surface area contributed by atoms with Crippen LogP contribution in [0.3, 0.4) is 0 Å². The molecule has 0 aromatic carbocycles. The number of anilines is 1. The van der Waals surface area contributed by atoms with Crippen LogP contribution in [0.15, 0.2) is 23.0 Å². The predicted octanol–water partition coefficient (Wildman–Crippen LogP) is 1.98. The first-order valence-corrected chi connectivity index (χ1v) is 6.79. The highest BCUT2D eigenvalue weighted by Crippen LogP contribution is 2.16. The summed E-state index contributed by atoms with van der Waals surface area (Å²) in [6.45, 7) is 4.38.